The molecule has 0 spiro atoms. The molecule has 0 bridgehead atoms. The van der Waals surface area contributed by atoms with Crippen molar-refractivity contribution in [2.75, 3.05) is 13.2 Å². The number of ether oxygens (including phenoxy) is 1. The van der Waals surface area contributed by atoms with E-state index in [-0.39, 0.29) is 11.6 Å². The molecule has 3 aromatic rings. The van der Waals surface area contributed by atoms with Gasteiger partial charge in [0.15, 0.2) is 11.5 Å². The number of phenols is 1. The third-order valence-electron chi connectivity index (χ3n) is 4.30. The zero-order chi connectivity index (χ0) is 17.2. The number of rotatable bonds is 3. The first-order chi connectivity index (χ1) is 12.2. The number of aromatic hydroxyl groups is 1. The highest BCUT2D eigenvalue weighted by atomic mass is 32.1. The van der Waals surface area contributed by atoms with Crippen LogP contribution in [0.5, 0.6) is 11.5 Å². The van der Waals surface area contributed by atoms with Crippen LogP contribution in [0.1, 0.15) is 11.1 Å². The molecule has 128 valence electrons. The highest BCUT2D eigenvalue weighted by Gasteiger charge is 2.20. The van der Waals surface area contributed by atoms with E-state index < -0.39 is 0 Å². The summed E-state index contributed by atoms with van der Waals surface area (Å²) in [6.07, 6.45) is 0. The largest absolute Gasteiger partial charge is 0.504 e. The molecule has 0 saturated carbocycles. The molecule has 0 unspecified atom stereocenters. The average molecular weight is 355 g/mol. The molecule has 2 heterocycles. The summed E-state index contributed by atoms with van der Waals surface area (Å²) in [5, 5.41) is 12.4. The van der Waals surface area contributed by atoms with E-state index >= 15 is 0 Å². The Bertz CT molecular complexity index is 879. The molecule has 4 rings (SSSR count). The second kappa shape index (κ2) is 6.86. The van der Waals surface area contributed by atoms with Gasteiger partial charge in [-0.2, -0.15) is 0 Å². The zero-order valence-corrected chi connectivity index (χ0v) is 14.4. The van der Waals surface area contributed by atoms with Crippen LogP contribution in [0.2, 0.25) is 0 Å². The van der Waals surface area contributed by atoms with Gasteiger partial charge in [-0.1, -0.05) is 18.2 Å². The molecule has 0 amide bonds. The van der Waals surface area contributed by atoms with Gasteiger partial charge in [-0.25, -0.2) is 4.39 Å². The summed E-state index contributed by atoms with van der Waals surface area (Å²) in [7, 11) is 0. The van der Waals surface area contributed by atoms with Crippen LogP contribution in [0.25, 0.3) is 10.4 Å². The first kappa shape index (κ1) is 16.1. The molecule has 0 fully saturated rings. The third-order valence-corrected chi connectivity index (χ3v) is 5.21. The first-order valence-corrected chi connectivity index (χ1v) is 9.06. The predicted octanol–water partition coefficient (Wildman–Crippen LogP) is 4.65. The Labute approximate surface area is 149 Å². The van der Waals surface area contributed by atoms with Gasteiger partial charge in [0.25, 0.3) is 0 Å². The van der Waals surface area contributed by atoms with Crippen LogP contribution in [0.3, 0.4) is 0 Å². The van der Waals surface area contributed by atoms with Gasteiger partial charge in [0.05, 0.1) is 0 Å². The van der Waals surface area contributed by atoms with Crippen molar-refractivity contribution >= 4 is 11.3 Å². The van der Waals surface area contributed by atoms with Crippen molar-refractivity contribution in [1.82, 2.24) is 4.90 Å². The number of benzene rings is 2. The van der Waals surface area contributed by atoms with Crippen LogP contribution in [0.15, 0.2) is 53.9 Å². The van der Waals surface area contributed by atoms with Gasteiger partial charge in [-0.3, -0.25) is 4.90 Å². The van der Waals surface area contributed by atoms with E-state index in [0.717, 1.165) is 28.1 Å². The molecule has 1 aliphatic heterocycles. The normalized spacial score (nSPS) is 14.6. The van der Waals surface area contributed by atoms with Crippen LogP contribution in [0, 0.1) is 5.82 Å². The molecule has 1 aliphatic rings. The summed E-state index contributed by atoms with van der Waals surface area (Å²) in [4.78, 5) is 3.32. The van der Waals surface area contributed by atoms with Crippen molar-refractivity contribution in [3.05, 3.63) is 70.9 Å². The maximum Gasteiger partial charge on any atom is 0.165 e. The molecule has 0 aliphatic carbocycles. The molecule has 0 radical (unpaired) electrons. The predicted molar refractivity (Wildman–Crippen MR) is 97.4 cm³/mol. The quantitative estimate of drug-likeness (QED) is 0.742. The average Bonchev–Trinajstić information content (AvgIpc) is 3.04. The van der Waals surface area contributed by atoms with E-state index in [9.17, 15) is 9.50 Å². The standard InChI is InChI=1S/C20H18FNO2S/c21-17-4-1-3-14(9-17)12-22-6-7-24-20-16(13-22)10-15(11-18(20)23)19-5-2-8-25-19/h1-5,8-11,23H,6-7,12-13H2. The number of nitrogens with zero attached hydrogens (tertiary/aromatic N) is 1. The van der Waals surface area contributed by atoms with Crippen molar-refractivity contribution in [3.8, 4) is 21.9 Å². The Hall–Kier alpha value is -2.37. The summed E-state index contributed by atoms with van der Waals surface area (Å²) in [6.45, 7) is 2.51. The number of phenolic OH excluding ortho intramolecular Hbond substituents is 1. The lowest BCUT2D eigenvalue weighted by Gasteiger charge is -2.19. The summed E-state index contributed by atoms with van der Waals surface area (Å²) < 4.78 is 19.2. The van der Waals surface area contributed by atoms with Gasteiger partial charge in [0, 0.05) is 30.1 Å². The molecule has 5 heteroatoms. The monoisotopic (exact) mass is 355 g/mol. The van der Waals surface area contributed by atoms with Crippen molar-refractivity contribution in [1.29, 1.82) is 0 Å². The number of halogens is 1. The van der Waals surface area contributed by atoms with E-state index in [1.165, 1.54) is 6.07 Å². The van der Waals surface area contributed by atoms with Crippen molar-refractivity contribution in [2.45, 2.75) is 13.1 Å². The fourth-order valence-corrected chi connectivity index (χ4v) is 3.88. The molecule has 1 aromatic heterocycles. The van der Waals surface area contributed by atoms with Crippen LogP contribution in [-0.2, 0) is 13.1 Å². The molecule has 3 nitrogen and oxygen atoms in total. The fourth-order valence-electron chi connectivity index (χ4n) is 3.17. The fraction of sp³-hybridized carbons (Fsp3) is 0.200. The minimum absolute atomic E-state index is 0.175. The summed E-state index contributed by atoms with van der Waals surface area (Å²) >= 11 is 1.64. The number of thiophene rings is 1. The van der Waals surface area contributed by atoms with Crippen LogP contribution >= 0.6 is 11.3 Å². The van der Waals surface area contributed by atoms with E-state index in [1.54, 1.807) is 29.5 Å². The van der Waals surface area contributed by atoms with Crippen molar-refractivity contribution < 1.29 is 14.2 Å². The highest BCUT2D eigenvalue weighted by Crippen LogP contribution is 2.38. The van der Waals surface area contributed by atoms with Crippen LogP contribution in [0.4, 0.5) is 4.39 Å². The maximum atomic E-state index is 13.4. The van der Waals surface area contributed by atoms with Gasteiger partial charge in [-0.05, 0) is 46.8 Å². The SMILES string of the molecule is Oc1cc(-c2cccs2)cc2c1OCCN(Cc1cccc(F)c1)C2. The molecular formula is C20H18FNO2S. The molecule has 25 heavy (non-hydrogen) atoms. The topological polar surface area (TPSA) is 32.7 Å². The second-order valence-corrected chi connectivity index (χ2v) is 7.10. The molecule has 0 saturated heterocycles. The highest BCUT2D eigenvalue weighted by molar-refractivity contribution is 7.13. The minimum Gasteiger partial charge on any atom is -0.504 e. The van der Waals surface area contributed by atoms with Gasteiger partial charge in [-0.15, -0.1) is 11.3 Å². The van der Waals surface area contributed by atoms with E-state index in [4.69, 9.17) is 4.74 Å². The van der Waals surface area contributed by atoms with E-state index in [2.05, 4.69) is 11.0 Å². The molecule has 1 N–H and O–H groups in total. The second-order valence-electron chi connectivity index (χ2n) is 6.15. The summed E-state index contributed by atoms with van der Waals surface area (Å²) in [5.74, 6) is 0.511. The lowest BCUT2D eigenvalue weighted by Crippen LogP contribution is -2.25. The first-order valence-electron chi connectivity index (χ1n) is 8.18. The Balaban J connectivity index is 1.63. The van der Waals surface area contributed by atoms with Gasteiger partial charge in [0.1, 0.15) is 12.4 Å². The van der Waals surface area contributed by atoms with Gasteiger partial charge >= 0.3 is 0 Å². The van der Waals surface area contributed by atoms with Crippen molar-refractivity contribution in [3.63, 3.8) is 0 Å². The van der Waals surface area contributed by atoms with Gasteiger partial charge in [0.2, 0.25) is 0 Å². The van der Waals surface area contributed by atoms with Crippen LogP contribution < -0.4 is 4.74 Å². The Morgan fingerprint density at radius 1 is 1.16 bits per heavy atom. The van der Waals surface area contributed by atoms with E-state index in [1.807, 2.05) is 23.6 Å². The third kappa shape index (κ3) is 3.52. The Kier molecular flexibility index (Phi) is 4.42. The Morgan fingerprint density at radius 3 is 2.88 bits per heavy atom. The number of fused-ring (bicyclic) bond motifs is 1. The summed E-state index contributed by atoms with van der Waals surface area (Å²) in [5.41, 5.74) is 2.88. The lowest BCUT2D eigenvalue weighted by molar-refractivity contribution is 0.217. The summed E-state index contributed by atoms with van der Waals surface area (Å²) in [6, 6.07) is 14.5. The smallest absolute Gasteiger partial charge is 0.165 e. The van der Waals surface area contributed by atoms with Gasteiger partial charge < -0.3 is 9.84 Å². The molecule has 2 aromatic carbocycles. The molecule has 0 atom stereocenters. The number of hydrogen-bond donors (Lipinski definition) is 1. The maximum absolute atomic E-state index is 13.4. The van der Waals surface area contributed by atoms with Crippen LogP contribution in [-0.4, -0.2) is 23.2 Å². The Morgan fingerprint density at radius 2 is 2.08 bits per heavy atom. The number of hydrogen-bond acceptors (Lipinski definition) is 4. The van der Waals surface area contributed by atoms with Crippen molar-refractivity contribution in [2.24, 2.45) is 0 Å². The minimum atomic E-state index is -0.221. The van der Waals surface area contributed by atoms with E-state index in [0.29, 0.717) is 25.4 Å². The lowest BCUT2D eigenvalue weighted by atomic mass is 10.1. The molecular weight excluding hydrogens is 337 g/mol. The zero-order valence-electron chi connectivity index (χ0n) is 13.6.